The summed E-state index contributed by atoms with van der Waals surface area (Å²) >= 11 is 0. The number of amides is 1. The van der Waals surface area contributed by atoms with Crippen LogP contribution >= 0.6 is 0 Å². The molecule has 1 aliphatic rings. The number of rotatable bonds is 7. The van der Waals surface area contributed by atoms with Crippen LogP contribution in [0.3, 0.4) is 0 Å². The Morgan fingerprint density at radius 2 is 1.80 bits per heavy atom. The standard InChI is InChI=1S/C26H24FN7O/c27-17-11-13-19(14-12-17)33-23-10-4-8-20(23)24(32-33)26(35)30-15-5-9-22-21(16-28)25(29)34(31-22)18-6-2-1-3-7-18/h1-3,6-7,11-14H,4-5,8-10,15,29H2,(H,30,35). The van der Waals surface area contributed by atoms with E-state index in [2.05, 4.69) is 21.6 Å². The Bertz CT molecular complexity index is 1410. The first-order valence-corrected chi connectivity index (χ1v) is 11.5. The molecule has 2 aromatic carbocycles. The number of hydrogen-bond donors (Lipinski definition) is 2. The van der Waals surface area contributed by atoms with Crippen molar-refractivity contribution in [3.63, 3.8) is 0 Å². The number of nitrogen functional groups attached to an aromatic ring is 1. The summed E-state index contributed by atoms with van der Waals surface area (Å²) in [7, 11) is 0. The normalized spacial score (nSPS) is 12.3. The molecule has 1 amide bonds. The van der Waals surface area contributed by atoms with Gasteiger partial charge in [0.15, 0.2) is 5.69 Å². The molecule has 0 saturated heterocycles. The third-order valence-corrected chi connectivity index (χ3v) is 6.20. The van der Waals surface area contributed by atoms with Crippen LogP contribution in [-0.4, -0.2) is 32.0 Å². The summed E-state index contributed by atoms with van der Waals surface area (Å²) in [6.07, 6.45) is 3.66. The fourth-order valence-corrected chi connectivity index (χ4v) is 4.50. The van der Waals surface area contributed by atoms with Crippen LogP contribution in [0.25, 0.3) is 11.4 Å². The van der Waals surface area contributed by atoms with Crippen molar-refractivity contribution in [1.29, 1.82) is 5.26 Å². The number of nitrogens with two attached hydrogens (primary N) is 1. The fourth-order valence-electron chi connectivity index (χ4n) is 4.50. The summed E-state index contributed by atoms with van der Waals surface area (Å²) in [4.78, 5) is 12.9. The largest absolute Gasteiger partial charge is 0.382 e. The lowest BCUT2D eigenvalue weighted by molar-refractivity contribution is 0.0947. The minimum absolute atomic E-state index is 0.237. The summed E-state index contributed by atoms with van der Waals surface area (Å²) in [5.74, 6) is -0.246. The molecule has 0 atom stereocenters. The zero-order chi connectivity index (χ0) is 24.4. The lowest BCUT2D eigenvalue weighted by Crippen LogP contribution is -2.26. The van der Waals surface area contributed by atoms with Gasteiger partial charge in [-0.2, -0.15) is 15.5 Å². The van der Waals surface area contributed by atoms with Crippen LogP contribution in [0.2, 0.25) is 0 Å². The van der Waals surface area contributed by atoms with E-state index in [0.29, 0.717) is 42.2 Å². The number of nitrogens with one attached hydrogen (secondary N) is 1. The Balaban J connectivity index is 1.26. The number of hydrogen-bond acceptors (Lipinski definition) is 5. The monoisotopic (exact) mass is 469 g/mol. The Labute approximate surface area is 201 Å². The van der Waals surface area contributed by atoms with Gasteiger partial charge in [0.1, 0.15) is 23.3 Å². The molecule has 5 rings (SSSR count). The van der Waals surface area contributed by atoms with Crippen LogP contribution in [0.15, 0.2) is 54.6 Å². The van der Waals surface area contributed by atoms with Crippen LogP contribution in [0.5, 0.6) is 0 Å². The second-order valence-corrected chi connectivity index (χ2v) is 8.44. The van der Waals surface area contributed by atoms with Crippen molar-refractivity contribution < 1.29 is 9.18 Å². The molecule has 2 aromatic heterocycles. The molecule has 0 aliphatic heterocycles. The molecule has 0 unspecified atom stereocenters. The van der Waals surface area contributed by atoms with Gasteiger partial charge >= 0.3 is 0 Å². The third-order valence-electron chi connectivity index (χ3n) is 6.20. The average Bonchev–Trinajstić information content (AvgIpc) is 3.57. The van der Waals surface area contributed by atoms with Gasteiger partial charge in [0.2, 0.25) is 0 Å². The highest BCUT2D eigenvalue weighted by Gasteiger charge is 2.27. The van der Waals surface area contributed by atoms with E-state index >= 15 is 0 Å². The van der Waals surface area contributed by atoms with E-state index < -0.39 is 0 Å². The summed E-state index contributed by atoms with van der Waals surface area (Å²) in [5.41, 5.74) is 11.0. The smallest absolute Gasteiger partial charge is 0.272 e. The first-order chi connectivity index (χ1) is 17.1. The molecule has 9 heteroatoms. The molecule has 0 bridgehead atoms. The summed E-state index contributed by atoms with van der Waals surface area (Å²) < 4.78 is 16.7. The van der Waals surface area contributed by atoms with Gasteiger partial charge in [0.05, 0.1) is 17.1 Å². The maximum Gasteiger partial charge on any atom is 0.272 e. The third kappa shape index (κ3) is 4.26. The van der Waals surface area contributed by atoms with Gasteiger partial charge in [-0.25, -0.2) is 13.8 Å². The number of fused-ring (bicyclic) bond motifs is 1. The van der Waals surface area contributed by atoms with Crippen LogP contribution < -0.4 is 11.1 Å². The molecular formula is C26H24FN7O. The number of nitriles is 1. The van der Waals surface area contributed by atoms with Crippen molar-refractivity contribution >= 4 is 11.7 Å². The van der Waals surface area contributed by atoms with E-state index in [1.165, 1.54) is 12.1 Å². The van der Waals surface area contributed by atoms with Crippen LogP contribution in [0.4, 0.5) is 10.2 Å². The van der Waals surface area contributed by atoms with Crippen molar-refractivity contribution in [2.24, 2.45) is 0 Å². The molecule has 35 heavy (non-hydrogen) atoms. The predicted molar refractivity (Wildman–Crippen MR) is 129 cm³/mol. The van der Waals surface area contributed by atoms with Crippen molar-refractivity contribution in [3.8, 4) is 17.4 Å². The highest BCUT2D eigenvalue weighted by atomic mass is 19.1. The number of anilines is 1. The van der Waals surface area contributed by atoms with Gasteiger partial charge in [0, 0.05) is 17.8 Å². The minimum atomic E-state index is -0.314. The summed E-state index contributed by atoms with van der Waals surface area (Å²) in [6.45, 7) is 0.403. The van der Waals surface area contributed by atoms with E-state index in [-0.39, 0.29) is 11.7 Å². The van der Waals surface area contributed by atoms with Crippen LogP contribution in [0.1, 0.15) is 45.8 Å². The molecule has 2 heterocycles. The Morgan fingerprint density at radius 1 is 1.06 bits per heavy atom. The first kappa shape index (κ1) is 22.3. The van der Waals surface area contributed by atoms with E-state index in [0.717, 1.165) is 41.9 Å². The highest BCUT2D eigenvalue weighted by Crippen LogP contribution is 2.28. The number of carbonyl (C=O) groups is 1. The molecule has 0 radical (unpaired) electrons. The van der Waals surface area contributed by atoms with E-state index in [4.69, 9.17) is 5.73 Å². The lowest BCUT2D eigenvalue weighted by Gasteiger charge is -2.05. The maximum atomic E-state index is 13.3. The highest BCUT2D eigenvalue weighted by molar-refractivity contribution is 5.94. The quantitative estimate of drug-likeness (QED) is 0.402. The average molecular weight is 470 g/mol. The molecule has 0 spiro atoms. The number of aromatic nitrogens is 4. The topological polar surface area (TPSA) is 115 Å². The number of halogens is 1. The van der Waals surface area contributed by atoms with Gasteiger partial charge in [-0.1, -0.05) is 18.2 Å². The van der Waals surface area contributed by atoms with E-state index in [9.17, 15) is 14.4 Å². The van der Waals surface area contributed by atoms with Crippen molar-refractivity contribution in [1.82, 2.24) is 24.9 Å². The van der Waals surface area contributed by atoms with Gasteiger partial charge in [-0.3, -0.25) is 4.79 Å². The summed E-state index contributed by atoms with van der Waals surface area (Å²) in [5, 5.41) is 21.6. The molecule has 8 nitrogen and oxygen atoms in total. The van der Waals surface area contributed by atoms with Crippen LogP contribution in [0, 0.1) is 17.1 Å². The Hall–Kier alpha value is -4.45. The van der Waals surface area contributed by atoms with E-state index in [1.807, 2.05) is 30.3 Å². The van der Waals surface area contributed by atoms with Crippen molar-refractivity contribution in [3.05, 3.63) is 88.6 Å². The maximum absolute atomic E-state index is 13.3. The van der Waals surface area contributed by atoms with Crippen molar-refractivity contribution in [2.75, 3.05) is 12.3 Å². The second kappa shape index (κ2) is 9.43. The molecule has 1 aliphatic carbocycles. The zero-order valence-electron chi connectivity index (χ0n) is 19.0. The van der Waals surface area contributed by atoms with Crippen molar-refractivity contribution in [2.45, 2.75) is 32.1 Å². The van der Waals surface area contributed by atoms with Gasteiger partial charge in [0.25, 0.3) is 5.91 Å². The second-order valence-electron chi connectivity index (χ2n) is 8.44. The molecule has 176 valence electrons. The van der Waals surface area contributed by atoms with Gasteiger partial charge in [-0.05, 0) is 68.5 Å². The Kier molecular flexibility index (Phi) is 6.02. The molecule has 0 saturated carbocycles. The van der Waals surface area contributed by atoms with Gasteiger partial charge in [-0.15, -0.1) is 0 Å². The predicted octanol–water partition coefficient (Wildman–Crippen LogP) is 3.50. The zero-order valence-corrected chi connectivity index (χ0v) is 19.0. The molecular weight excluding hydrogens is 445 g/mol. The lowest BCUT2D eigenvalue weighted by atomic mass is 10.1. The number of carbonyl (C=O) groups excluding carboxylic acids is 1. The number of nitrogens with zero attached hydrogens (tertiary/aromatic N) is 5. The van der Waals surface area contributed by atoms with E-state index in [1.54, 1.807) is 21.5 Å². The molecule has 0 fully saturated rings. The Morgan fingerprint density at radius 3 is 2.54 bits per heavy atom. The first-order valence-electron chi connectivity index (χ1n) is 11.5. The molecule has 4 aromatic rings. The number of para-hydroxylation sites is 1. The number of benzene rings is 2. The summed E-state index contributed by atoms with van der Waals surface area (Å²) in [6, 6.07) is 17.7. The van der Waals surface area contributed by atoms with Crippen LogP contribution in [-0.2, 0) is 19.3 Å². The minimum Gasteiger partial charge on any atom is -0.382 e. The fraction of sp³-hybridized carbons (Fsp3) is 0.231. The number of aryl methyl sites for hydroxylation is 1. The molecule has 3 N–H and O–H groups in total. The SMILES string of the molecule is N#Cc1c(CCCNC(=O)c2nn(-c3ccc(F)cc3)c3c2CCC3)nn(-c2ccccc2)c1N. The van der Waals surface area contributed by atoms with Gasteiger partial charge < -0.3 is 11.1 Å².